The summed E-state index contributed by atoms with van der Waals surface area (Å²) in [5.41, 5.74) is 3.34. The first kappa shape index (κ1) is 21.1. The SMILES string of the molecule is CNC(=O)c1cc(Oc2ccc3c(c2)CN(C(=O)Nc2ccccc2I)CC3)ccn1. The standard InChI is InChI=1S/C23H21IN4O3/c1-25-22(29)21-13-18(8-10-26-21)31-17-7-6-15-9-11-28(14-16(15)12-17)23(30)27-20-5-3-2-4-19(20)24/h2-8,10,12-13H,9,11,14H2,1H3,(H,25,29)(H,27,30). The summed E-state index contributed by atoms with van der Waals surface area (Å²) in [5.74, 6) is 0.899. The molecule has 3 aromatic rings. The number of anilines is 1. The van der Waals surface area contributed by atoms with Crippen LogP contribution in [-0.4, -0.2) is 35.4 Å². The van der Waals surface area contributed by atoms with Gasteiger partial charge in [0.05, 0.1) is 5.69 Å². The summed E-state index contributed by atoms with van der Waals surface area (Å²) in [6.45, 7) is 1.16. The maximum atomic E-state index is 12.8. The van der Waals surface area contributed by atoms with Crippen molar-refractivity contribution < 1.29 is 14.3 Å². The molecule has 0 fully saturated rings. The van der Waals surface area contributed by atoms with Crippen molar-refractivity contribution in [2.24, 2.45) is 0 Å². The lowest BCUT2D eigenvalue weighted by Gasteiger charge is -2.29. The lowest BCUT2D eigenvalue weighted by molar-refractivity contribution is 0.0958. The summed E-state index contributed by atoms with van der Waals surface area (Å²) < 4.78 is 6.94. The Balaban J connectivity index is 1.47. The number of ether oxygens (including phenoxy) is 1. The lowest BCUT2D eigenvalue weighted by atomic mass is 10.00. The molecule has 3 amide bonds. The van der Waals surface area contributed by atoms with Gasteiger partial charge in [0.25, 0.3) is 5.91 Å². The molecule has 0 unspecified atom stereocenters. The Morgan fingerprint density at radius 2 is 1.87 bits per heavy atom. The van der Waals surface area contributed by atoms with E-state index < -0.39 is 0 Å². The molecule has 4 rings (SSSR count). The van der Waals surface area contributed by atoms with Crippen LogP contribution < -0.4 is 15.4 Å². The Labute approximate surface area is 194 Å². The Morgan fingerprint density at radius 1 is 1.06 bits per heavy atom. The average Bonchev–Trinajstić information content (AvgIpc) is 2.79. The van der Waals surface area contributed by atoms with E-state index in [1.165, 1.54) is 11.8 Å². The number of halogens is 1. The smallest absolute Gasteiger partial charge is 0.322 e. The van der Waals surface area contributed by atoms with Crippen LogP contribution >= 0.6 is 22.6 Å². The number of pyridine rings is 1. The lowest BCUT2D eigenvalue weighted by Crippen LogP contribution is -2.39. The van der Waals surface area contributed by atoms with E-state index in [2.05, 4.69) is 38.2 Å². The molecule has 0 radical (unpaired) electrons. The summed E-state index contributed by atoms with van der Waals surface area (Å²) in [7, 11) is 1.56. The van der Waals surface area contributed by atoms with Crippen LogP contribution in [-0.2, 0) is 13.0 Å². The summed E-state index contributed by atoms with van der Waals surface area (Å²) in [6, 6.07) is 16.8. The number of nitrogens with one attached hydrogen (secondary N) is 2. The van der Waals surface area contributed by atoms with Crippen LogP contribution in [0.5, 0.6) is 11.5 Å². The number of rotatable bonds is 4. The maximum Gasteiger partial charge on any atom is 0.322 e. The minimum absolute atomic E-state index is 0.120. The summed E-state index contributed by atoms with van der Waals surface area (Å²) in [5, 5.41) is 5.54. The summed E-state index contributed by atoms with van der Waals surface area (Å²) in [6.07, 6.45) is 2.32. The van der Waals surface area contributed by atoms with E-state index in [1.807, 2.05) is 42.5 Å². The quantitative estimate of drug-likeness (QED) is 0.491. The molecule has 0 aliphatic carbocycles. The Morgan fingerprint density at radius 3 is 2.68 bits per heavy atom. The molecule has 0 saturated heterocycles. The van der Waals surface area contributed by atoms with Crippen molar-refractivity contribution in [2.45, 2.75) is 13.0 Å². The number of para-hydroxylation sites is 1. The van der Waals surface area contributed by atoms with Crippen LogP contribution in [0.2, 0.25) is 0 Å². The van der Waals surface area contributed by atoms with Crippen molar-refractivity contribution in [2.75, 3.05) is 18.9 Å². The molecule has 7 nitrogen and oxygen atoms in total. The fraction of sp³-hybridized carbons (Fsp3) is 0.174. The molecular weight excluding hydrogens is 507 g/mol. The zero-order valence-electron chi connectivity index (χ0n) is 16.9. The van der Waals surface area contributed by atoms with Gasteiger partial charge >= 0.3 is 6.03 Å². The number of aromatic nitrogens is 1. The molecule has 0 spiro atoms. The predicted molar refractivity (Wildman–Crippen MR) is 126 cm³/mol. The molecule has 0 bridgehead atoms. The number of amides is 3. The Hall–Kier alpha value is -3.14. The largest absolute Gasteiger partial charge is 0.457 e. The van der Waals surface area contributed by atoms with E-state index in [-0.39, 0.29) is 17.6 Å². The summed E-state index contributed by atoms with van der Waals surface area (Å²) in [4.78, 5) is 30.4. The van der Waals surface area contributed by atoms with E-state index in [1.54, 1.807) is 24.1 Å². The summed E-state index contributed by atoms with van der Waals surface area (Å²) >= 11 is 2.21. The Bertz CT molecular complexity index is 1140. The number of carbonyl (C=O) groups excluding carboxylic acids is 2. The highest BCUT2D eigenvalue weighted by molar-refractivity contribution is 14.1. The van der Waals surface area contributed by atoms with Crippen LogP contribution in [0.25, 0.3) is 0 Å². The minimum atomic E-state index is -0.273. The van der Waals surface area contributed by atoms with Gasteiger partial charge in [-0.1, -0.05) is 18.2 Å². The van der Waals surface area contributed by atoms with Gasteiger partial charge in [-0.05, 0) is 70.5 Å². The van der Waals surface area contributed by atoms with Gasteiger partial charge in [-0.3, -0.25) is 9.78 Å². The number of urea groups is 1. The van der Waals surface area contributed by atoms with Crippen LogP contribution in [0.3, 0.4) is 0 Å². The van der Waals surface area contributed by atoms with Gasteiger partial charge in [0.2, 0.25) is 0 Å². The molecule has 0 saturated carbocycles. The van der Waals surface area contributed by atoms with Crippen molar-refractivity contribution in [1.29, 1.82) is 0 Å². The first-order chi connectivity index (χ1) is 15.0. The second-order valence-corrected chi connectivity index (χ2v) is 8.23. The van der Waals surface area contributed by atoms with Gasteiger partial charge in [-0.2, -0.15) is 0 Å². The van der Waals surface area contributed by atoms with Gasteiger partial charge in [0.15, 0.2) is 0 Å². The van der Waals surface area contributed by atoms with Crippen molar-refractivity contribution in [3.05, 3.63) is 81.2 Å². The third kappa shape index (κ3) is 4.96. The van der Waals surface area contributed by atoms with Gasteiger partial charge < -0.3 is 20.3 Å². The number of benzene rings is 2. The molecule has 1 aliphatic heterocycles. The van der Waals surface area contributed by atoms with Crippen LogP contribution in [0.15, 0.2) is 60.8 Å². The Kier molecular flexibility index (Phi) is 6.36. The topological polar surface area (TPSA) is 83.6 Å². The number of nitrogens with zero attached hydrogens (tertiary/aromatic N) is 2. The van der Waals surface area contributed by atoms with E-state index in [9.17, 15) is 9.59 Å². The van der Waals surface area contributed by atoms with E-state index in [0.29, 0.717) is 24.6 Å². The first-order valence-corrected chi connectivity index (χ1v) is 10.9. The third-order valence-corrected chi connectivity index (χ3v) is 5.96. The van der Waals surface area contributed by atoms with Crippen LogP contribution in [0.1, 0.15) is 21.6 Å². The highest BCUT2D eigenvalue weighted by atomic mass is 127. The number of carbonyl (C=O) groups is 2. The number of hydrogen-bond acceptors (Lipinski definition) is 4. The zero-order chi connectivity index (χ0) is 21.8. The number of fused-ring (bicyclic) bond motifs is 1. The molecule has 2 aromatic carbocycles. The third-order valence-electron chi connectivity index (χ3n) is 5.02. The second kappa shape index (κ2) is 9.34. The van der Waals surface area contributed by atoms with E-state index in [4.69, 9.17) is 4.74 Å². The van der Waals surface area contributed by atoms with Crippen LogP contribution in [0, 0.1) is 3.57 Å². The van der Waals surface area contributed by atoms with Gasteiger partial charge in [0.1, 0.15) is 17.2 Å². The molecule has 2 heterocycles. The van der Waals surface area contributed by atoms with Gasteiger partial charge in [0, 0.05) is 36.0 Å². The van der Waals surface area contributed by atoms with E-state index >= 15 is 0 Å². The van der Waals surface area contributed by atoms with Crippen LogP contribution in [0.4, 0.5) is 10.5 Å². The normalized spacial score (nSPS) is 12.6. The average molecular weight is 528 g/mol. The van der Waals surface area contributed by atoms with Crippen molar-refractivity contribution in [3.63, 3.8) is 0 Å². The fourth-order valence-electron chi connectivity index (χ4n) is 3.39. The molecular formula is C23H21IN4O3. The molecule has 8 heteroatoms. The molecule has 1 aliphatic rings. The monoisotopic (exact) mass is 528 g/mol. The van der Waals surface area contributed by atoms with Gasteiger partial charge in [-0.15, -0.1) is 0 Å². The maximum absolute atomic E-state index is 12.8. The molecule has 2 N–H and O–H groups in total. The molecule has 1 aromatic heterocycles. The zero-order valence-corrected chi connectivity index (χ0v) is 19.0. The fourth-order valence-corrected chi connectivity index (χ4v) is 3.91. The molecule has 0 atom stereocenters. The predicted octanol–water partition coefficient (Wildman–Crippen LogP) is 4.43. The van der Waals surface area contributed by atoms with Gasteiger partial charge in [-0.25, -0.2) is 4.79 Å². The second-order valence-electron chi connectivity index (χ2n) is 7.07. The van der Waals surface area contributed by atoms with Crippen molar-refractivity contribution in [1.82, 2.24) is 15.2 Å². The highest BCUT2D eigenvalue weighted by Crippen LogP contribution is 2.28. The highest BCUT2D eigenvalue weighted by Gasteiger charge is 2.22. The van der Waals surface area contributed by atoms with E-state index in [0.717, 1.165) is 21.2 Å². The molecule has 31 heavy (non-hydrogen) atoms. The van der Waals surface area contributed by atoms with Crippen molar-refractivity contribution in [3.8, 4) is 11.5 Å². The van der Waals surface area contributed by atoms with Crippen molar-refractivity contribution >= 4 is 40.2 Å². The minimum Gasteiger partial charge on any atom is -0.457 e. The number of hydrogen-bond donors (Lipinski definition) is 2. The molecule has 158 valence electrons. The first-order valence-electron chi connectivity index (χ1n) is 9.82.